The van der Waals surface area contributed by atoms with Crippen molar-refractivity contribution < 1.29 is 35.5 Å². The van der Waals surface area contributed by atoms with Crippen LogP contribution in [0.4, 0.5) is 4.79 Å². The molecule has 0 unspecified atom stereocenters. The molecular weight excluding hydrogens is 379 g/mol. The molecule has 0 bridgehead atoms. The summed E-state index contributed by atoms with van der Waals surface area (Å²) >= 11 is -0.200. The molecule has 0 aromatic heterocycles. The average molecular weight is 397 g/mol. The topological polar surface area (TPSA) is 35.5 Å². The molecule has 0 atom stereocenters. The molecule has 0 amide bonds. The Morgan fingerprint density at radius 1 is 0.905 bits per heavy atom. The fourth-order valence-corrected chi connectivity index (χ4v) is 3.75. The molecule has 2 aromatic rings. The number of halogens is 1. The predicted octanol–water partition coefficient (Wildman–Crippen LogP) is 1.13. The molecule has 0 aliphatic rings. The molecule has 2 rings (SSSR count). The van der Waals surface area contributed by atoms with E-state index in [1.54, 1.807) is 0 Å². The van der Waals surface area contributed by atoms with E-state index in [9.17, 15) is 4.79 Å². The molecule has 0 radical (unpaired) electrons. The van der Waals surface area contributed by atoms with Crippen molar-refractivity contribution in [1.29, 1.82) is 0 Å². The number of hydrogen-bond donors (Lipinski definition) is 0. The Hall–Kier alpha value is -1.56. The summed E-state index contributed by atoms with van der Waals surface area (Å²) in [6.07, 6.45) is -0.673. The third-order valence-corrected chi connectivity index (χ3v) is 5.04. The average Bonchev–Trinajstić information content (AvgIpc) is 2.40. The summed E-state index contributed by atoms with van der Waals surface area (Å²) in [5.41, 5.74) is -0.546. The molecule has 0 aliphatic heterocycles. The van der Waals surface area contributed by atoms with Gasteiger partial charge in [0.1, 0.15) is 0 Å². The monoisotopic (exact) mass is 397 g/mol. The second kappa shape index (κ2) is 6.93. The molecule has 0 saturated carbocycles. The van der Waals surface area contributed by atoms with E-state index in [2.05, 4.69) is 24.3 Å². The van der Waals surface area contributed by atoms with E-state index >= 15 is 0 Å². The third-order valence-electron chi connectivity index (χ3n) is 2.36. The number of ether oxygens (including phenoxy) is 2. The molecule has 3 nitrogen and oxygen atoms in total. The van der Waals surface area contributed by atoms with Gasteiger partial charge in [0.05, 0.1) is 0 Å². The van der Waals surface area contributed by atoms with E-state index in [0.29, 0.717) is 5.75 Å². The van der Waals surface area contributed by atoms with Crippen LogP contribution in [0.25, 0.3) is 0 Å². The zero-order chi connectivity index (χ0) is 15.3. The molecule has 0 heterocycles. The van der Waals surface area contributed by atoms with Crippen LogP contribution in [0.2, 0.25) is 0 Å². The maximum atomic E-state index is 11.6. The minimum absolute atomic E-state index is 0.200. The van der Waals surface area contributed by atoms with Gasteiger partial charge in [-0.25, -0.2) is 0 Å². The van der Waals surface area contributed by atoms with E-state index < -0.39 is 11.8 Å². The first-order chi connectivity index (χ1) is 9.92. The van der Waals surface area contributed by atoms with Crippen molar-refractivity contribution in [3.8, 4) is 5.75 Å². The van der Waals surface area contributed by atoms with Crippen LogP contribution >= 0.6 is 0 Å². The number of hydrogen-bond acceptors (Lipinski definition) is 3. The molecule has 0 aliphatic carbocycles. The number of rotatable bonds is 3. The first-order valence-electron chi connectivity index (χ1n) is 6.63. The van der Waals surface area contributed by atoms with Gasteiger partial charge in [0.25, 0.3) is 0 Å². The van der Waals surface area contributed by atoms with Crippen molar-refractivity contribution in [3.63, 3.8) is 0 Å². The van der Waals surface area contributed by atoms with E-state index in [4.69, 9.17) is 9.47 Å². The van der Waals surface area contributed by atoms with Gasteiger partial charge in [-0.05, 0) is 0 Å². The molecule has 0 N–H and O–H groups in total. The van der Waals surface area contributed by atoms with Gasteiger partial charge in [0.2, 0.25) is 0 Å². The first kappa shape index (κ1) is 15.8. The van der Waals surface area contributed by atoms with E-state index in [1.807, 2.05) is 51.1 Å². The fourth-order valence-electron chi connectivity index (χ4n) is 1.54. The van der Waals surface area contributed by atoms with Gasteiger partial charge >= 0.3 is 135 Å². The van der Waals surface area contributed by atoms with Crippen molar-refractivity contribution in [3.05, 3.63) is 61.7 Å². The van der Waals surface area contributed by atoms with Crippen LogP contribution < -0.4 is 25.9 Å². The molecule has 0 fully saturated rings. The molecular formula is C17H18IO3-. The quantitative estimate of drug-likeness (QED) is 0.443. The Labute approximate surface area is 135 Å². The standard InChI is InChI=1S/C17H18IO3/c1-17(2,3)21-16(19)20-15-11-9-14(10-12-15)18-13-7-5-4-6-8-13/h4-12H,1-3H3/q-1. The van der Waals surface area contributed by atoms with Crippen molar-refractivity contribution in [1.82, 2.24) is 0 Å². The van der Waals surface area contributed by atoms with E-state index in [0.717, 1.165) is 0 Å². The summed E-state index contributed by atoms with van der Waals surface area (Å²) in [4.78, 5) is 11.6. The number of carbonyl (C=O) groups is 1. The Morgan fingerprint density at radius 2 is 1.48 bits per heavy atom. The van der Waals surface area contributed by atoms with E-state index in [1.165, 1.54) is 7.14 Å². The first-order valence-corrected chi connectivity index (χ1v) is 8.79. The second-order valence-corrected chi connectivity index (χ2v) is 8.44. The normalized spacial score (nSPS) is 11.2. The van der Waals surface area contributed by atoms with Crippen LogP contribution in [0.3, 0.4) is 0 Å². The summed E-state index contributed by atoms with van der Waals surface area (Å²) in [6.45, 7) is 5.42. The SMILES string of the molecule is CC(C)(C)OC(=O)Oc1ccc([I-]c2ccccc2)cc1. The Morgan fingerprint density at radius 3 is 2.05 bits per heavy atom. The van der Waals surface area contributed by atoms with Crippen molar-refractivity contribution in [2.75, 3.05) is 0 Å². The molecule has 0 saturated heterocycles. The van der Waals surface area contributed by atoms with Crippen molar-refractivity contribution in [2.45, 2.75) is 26.4 Å². The zero-order valence-corrected chi connectivity index (χ0v) is 14.5. The van der Waals surface area contributed by atoms with Gasteiger partial charge in [-0.2, -0.15) is 0 Å². The Bertz CT molecular complexity index is 586. The zero-order valence-electron chi connectivity index (χ0n) is 12.3. The van der Waals surface area contributed by atoms with Gasteiger partial charge < -0.3 is 0 Å². The summed E-state index contributed by atoms with van der Waals surface area (Å²) in [5.74, 6) is 0.505. The van der Waals surface area contributed by atoms with Crippen LogP contribution in [-0.4, -0.2) is 11.8 Å². The Balaban J connectivity index is 1.95. The van der Waals surface area contributed by atoms with Gasteiger partial charge in [-0.1, -0.05) is 0 Å². The summed E-state index contributed by atoms with van der Waals surface area (Å²) < 4.78 is 12.9. The Kier molecular flexibility index (Phi) is 5.22. The summed E-state index contributed by atoms with van der Waals surface area (Å²) in [7, 11) is 0. The van der Waals surface area contributed by atoms with Gasteiger partial charge in [0, 0.05) is 0 Å². The van der Waals surface area contributed by atoms with Crippen LogP contribution in [0.1, 0.15) is 20.8 Å². The van der Waals surface area contributed by atoms with Crippen LogP contribution in [0, 0.1) is 7.14 Å². The van der Waals surface area contributed by atoms with Crippen LogP contribution in [0.5, 0.6) is 5.75 Å². The molecule has 112 valence electrons. The molecule has 2 aromatic carbocycles. The summed E-state index contributed by atoms with van der Waals surface area (Å²) in [6, 6.07) is 18.0. The third kappa shape index (κ3) is 5.75. The van der Waals surface area contributed by atoms with Crippen molar-refractivity contribution >= 4 is 6.16 Å². The minimum atomic E-state index is -0.673. The van der Waals surface area contributed by atoms with Crippen LogP contribution in [-0.2, 0) is 4.74 Å². The van der Waals surface area contributed by atoms with Gasteiger partial charge in [-0.15, -0.1) is 0 Å². The molecule has 0 spiro atoms. The van der Waals surface area contributed by atoms with Gasteiger partial charge in [-0.3, -0.25) is 0 Å². The van der Waals surface area contributed by atoms with E-state index in [-0.39, 0.29) is 21.2 Å². The predicted molar refractivity (Wildman–Crippen MR) is 77.1 cm³/mol. The molecule has 4 heteroatoms. The second-order valence-electron chi connectivity index (χ2n) is 5.41. The van der Waals surface area contributed by atoms with Gasteiger partial charge in [0.15, 0.2) is 0 Å². The fraction of sp³-hybridized carbons (Fsp3) is 0.235. The summed E-state index contributed by atoms with van der Waals surface area (Å²) in [5, 5.41) is 0. The number of carbonyl (C=O) groups excluding carboxylic acids is 1. The van der Waals surface area contributed by atoms with Crippen LogP contribution in [0.15, 0.2) is 54.6 Å². The van der Waals surface area contributed by atoms with Crippen molar-refractivity contribution in [2.24, 2.45) is 0 Å². The number of benzene rings is 2. The maximum absolute atomic E-state index is 11.6. The molecule has 21 heavy (non-hydrogen) atoms.